The van der Waals surface area contributed by atoms with Gasteiger partial charge in [0.2, 0.25) is 0 Å². The second-order valence-electron chi connectivity index (χ2n) is 5.27. The van der Waals surface area contributed by atoms with Crippen molar-refractivity contribution >= 4 is 0 Å². The van der Waals surface area contributed by atoms with Gasteiger partial charge in [-0.25, -0.2) is 0 Å². The molecule has 1 heterocycles. The van der Waals surface area contributed by atoms with Crippen LogP contribution in [0.3, 0.4) is 0 Å². The molecule has 0 spiro atoms. The van der Waals surface area contributed by atoms with Crippen LogP contribution in [0.25, 0.3) is 0 Å². The largest absolute Gasteiger partial charge is 0.497 e. The van der Waals surface area contributed by atoms with Crippen LogP contribution in [0.2, 0.25) is 0 Å². The van der Waals surface area contributed by atoms with Gasteiger partial charge in [0.05, 0.1) is 13.7 Å². The Morgan fingerprint density at radius 1 is 1.39 bits per heavy atom. The molecule has 3 nitrogen and oxygen atoms in total. The van der Waals surface area contributed by atoms with Crippen LogP contribution in [0.1, 0.15) is 17.9 Å². The summed E-state index contributed by atoms with van der Waals surface area (Å²) in [6, 6.07) is 8.46. The maximum Gasteiger partial charge on any atom is 0.119 e. The van der Waals surface area contributed by atoms with E-state index in [9.17, 15) is 0 Å². The summed E-state index contributed by atoms with van der Waals surface area (Å²) < 4.78 is 11.0. The minimum atomic E-state index is 0.570. The molecule has 1 saturated heterocycles. The van der Waals surface area contributed by atoms with E-state index in [-0.39, 0.29) is 0 Å². The first-order chi connectivity index (χ1) is 8.70. The highest BCUT2D eigenvalue weighted by Crippen LogP contribution is 2.33. The van der Waals surface area contributed by atoms with E-state index >= 15 is 0 Å². The van der Waals surface area contributed by atoms with Crippen LogP contribution < -0.4 is 4.74 Å². The van der Waals surface area contributed by atoms with Gasteiger partial charge in [0, 0.05) is 19.1 Å². The normalized spacial score (nSPS) is 24.2. The van der Waals surface area contributed by atoms with Gasteiger partial charge in [-0.2, -0.15) is 0 Å². The predicted molar refractivity (Wildman–Crippen MR) is 73.2 cm³/mol. The Bertz CT molecular complexity index is 379. The number of benzene rings is 1. The Kier molecular flexibility index (Phi) is 4.61. The minimum Gasteiger partial charge on any atom is -0.497 e. The summed E-state index contributed by atoms with van der Waals surface area (Å²) in [7, 11) is 5.97. The van der Waals surface area contributed by atoms with Crippen LogP contribution in [0.4, 0.5) is 0 Å². The first-order valence-electron chi connectivity index (χ1n) is 6.57. The molecular weight excluding hydrogens is 226 g/mol. The van der Waals surface area contributed by atoms with Gasteiger partial charge in [0.15, 0.2) is 0 Å². The van der Waals surface area contributed by atoms with Crippen molar-refractivity contribution in [1.82, 2.24) is 4.90 Å². The first kappa shape index (κ1) is 13.4. The average molecular weight is 249 g/mol. The van der Waals surface area contributed by atoms with Gasteiger partial charge in [-0.05, 0) is 44.1 Å². The van der Waals surface area contributed by atoms with Gasteiger partial charge in [0.25, 0.3) is 0 Å². The second-order valence-corrected chi connectivity index (χ2v) is 5.27. The summed E-state index contributed by atoms with van der Waals surface area (Å²) in [6.07, 6.45) is 1.10. The van der Waals surface area contributed by atoms with Crippen LogP contribution in [0.5, 0.6) is 5.75 Å². The fourth-order valence-electron chi connectivity index (χ4n) is 2.76. The van der Waals surface area contributed by atoms with Crippen LogP contribution in [-0.4, -0.2) is 45.9 Å². The number of hydrogen-bond donors (Lipinski definition) is 0. The highest BCUT2D eigenvalue weighted by molar-refractivity contribution is 5.31. The van der Waals surface area contributed by atoms with E-state index < -0.39 is 0 Å². The molecule has 1 aromatic carbocycles. The summed E-state index contributed by atoms with van der Waals surface area (Å²) in [5, 5.41) is 0. The molecule has 0 radical (unpaired) electrons. The first-order valence-corrected chi connectivity index (χ1v) is 6.57. The summed E-state index contributed by atoms with van der Waals surface area (Å²) in [5.74, 6) is 2.10. The molecule has 1 aliphatic rings. The SMILES string of the molecule is COc1cccc(C2CCOCC2CN(C)C)c1. The fraction of sp³-hybridized carbons (Fsp3) is 0.600. The van der Waals surface area contributed by atoms with Crippen molar-refractivity contribution < 1.29 is 9.47 Å². The molecule has 0 bridgehead atoms. The van der Waals surface area contributed by atoms with Gasteiger partial charge in [-0.15, -0.1) is 0 Å². The molecule has 100 valence electrons. The van der Waals surface area contributed by atoms with E-state index in [1.165, 1.54) is 5.56 Å². The monoisotopic (exact) mass is 249 g/mol. The van der Waals surface area contributed by atoms with Gasteiger partial charge < -0.3 is 14.4 Å². The summed E-state index contributed by atoms with van der Waals surface area (Å²) in [6.45, 7) is 2.80. The van der Waals surface area contributed by atoms with Crippen LogP contribution in [0.15, 0.2) is 24.3 Å². The number of ether oxygens (including phenoxy) is 2. The maximum absolute atomic E-state index is 5.63. The van der Waals surface area contributed by atoms with E-state index in [4.69, 9.17) is 9.47 Å². The number of hydrogen-bond acceptors (Lipinski definition) is 3. The zero-order chi connectivity index (χ0) is 13.0. The van der Waals surface area contributed by atoms with Crippen molar-refractivity contribution in [3.05, 3.63) is 29.8 Å². The Morgan fingerprint density at radius 3 is 2.94 bits per heavy atom. The van der Waals surface area contributed by atoms with E-state index in [0.717, 1.165) is 31.9 Å². The molecule has 0 aromatic heterocycles. The van der Waals surface area contributed by atoms with Crippen LogP contribution >= 0.6 is 0 Å². The number of methoxy groups -OCH3 is 1. The zero-order valence-corrected chi connectivity index (χ0v) is 11.6. The molecule has 1 aromatic rings. The third-order valence-electron chi connectivity index (χ3n) is 3.60. The predicted octanol–water partition coefficient (Wildman–Crippen LogP) is 2.38. The molecule has 0 aliphatic carbocycles. The number of rotatable bonds is 4. The van der Waals surface area contributed by atoms with Crippen molar-refractivity contribution in [3.63, 3.8) is 0 Å². The Labute approximate surface area is 110 Å². The van der Waals surface area contributed by atoms with Crippen molar-refractivity contribution in [1.29, 1.82) is 0 Å². The molecule has 1 fully saturated rings. The lowest BCUT2D eigenvalue weighted by Gasteiger charge is -2.33. The molecular formula is C15H23NO2. The van der Waals surface area contributed by atoms with Gasteiger partial charge >= 0.3 is 0 Å². The lowest BCUT2D eigenvalue weighted by Crippen LogP contribution is -2.34. The molecule has 2 atom stereocenters. The van der Waals surface area contributed by atoms with Crippen LogP contribution in [-0.2, 0) is 4.74 Å². The quantitative estimate of drug-likeness (QED) is 0.818. The topological polar surface area (TPSA) is 21.7 Å². The lowest BCUT2D eigenvalue weighted by atomic mass is 9.82. The van der Waals surface area contributed by atoms with E-state index in [1.54, 1.807) is 7.11 Å². The Hall–Kier alpha value is -1.06. The molecule has 0 amide bonds. The molecule has 18 heavy (non-hydrogen) atoms. The van der Waals surface area contributed by atoms with E-state index in [2.05, 4.69) is 37.2 Å². The summed E-state index contributed by atoms with van der Waals surface area (Å²) >= 11 is 0. The highest BCUT2D eigenvalue weighted by atomic mass is 16.5. The average Bonchev–Trinajstić information content (AvgIpc) is 2.39. The van der Waals surface area contributed by atoms with Gasteiger partial charge in [-0.1, -0.05) is 12.1 Å². The van der Waals surface area contributed by atoms with E-state index in [0.29, 0.717) is 11.8 Å². The maximum atomic E-state index is 5.63. The summed E-state index contributed by atoms with van der Waals surface area (Å²) in [5.41, 5.74) is 1.38. The fourth-order valence-corrected chi connectivity index (χ4v) is 2.76. The molecule has 0 saturated carbocycles. The van der Waals surface area contributed by atoms with Crippen molar-refractivity contribution in [2.45, 2.75) is 12.3 Å². The highest BCUT2D eigenvalue weighted by Gasteiger charge is 2.27. The second kappa shape index (κ2) is 6.21. The smallest absolute Gasteiger partial charge is 0.119 e. The third-order valence-corrected chi connectivity index (χ3v) is 3.60. The lowest BCUT2D eigenvalue weighted by molar-refractivity contribution is 0.0302. The zero-order valence-electron chi connectivity index (χ0n) is 11.6. The Balaban J connectivity index is 2.16. The molecule has 2 rings (SSSR count). The van der Waals surface area contributed by atoms with Gasteiger partial charge in [0.1, 0.15) is 5.75 Å². The van der Waals surface area contributed by atoms with Crippen molar-refractivity contribution in [2.24, 2.45) is 5.92 Å². The van der Waals surface area contributed by atoms with Crippen LogP contribution in [0, 0.1) is 5.92 Å². The molecule has 3 heteroatoms. The number of nitrogens with zero attached hydrogens (tertiary/aromatic N) is 1. The van der Waals surface area contributed by atoms with Crippen molar-refractivity contribution in [2.75, 3.05) is 41.0 Å². The molecule has 1 aliphatic heterocycles. The Morgan fingerprint density at radius 2 is 2.22 bits per heavy atom. The molecule has 0 N–H and O–H groups in total. The van der Waals surface area contributed by atoms with Crippen molar-refractivity contribution in [3.8, 4) is 5.75 Å². The third kappa shape index (κ3) is 3.24. The minimum absolute atomic E-state index is 0.570. The summed E-state index contributed by atoms with van der Waals surface area (Å²) in [4.78, 5) is 2.24. The molecule has 2 unspecified atom stereocenters. The van der Waals surface area contributed by atoms with E-state index in [1.807, 2.05) is 6.07 Å². The van der Waals surface area contributed by atoms with Gasteiger partial charge in [-0.3, -0.25) is 0 Å². The standard InChI is InChI=1S/C15H23NO2/c1-16(2)10-13-11-18-8-7-15(13)12-5-4-6-14(9-12)17-3/h4-6,9,13,15H,7-8,10-11H2,1-3H3.